The van der Waals surface area contributed by atoms with Gasteiger partial charge in [0.15, 0.2) is 23.6 Å². The molecule has 1 aliphatic rings. The molecule has 1 aromatic carbocycles. The lowest BCUT2D eigenvalue weighted by Crippen LogP contribution is -2.32. The minimum atomic E-state index is -1.26. The predicted octanol–water partition coefficient (Wildman–Crippen LogP) is 2.91. The third-order valence-electron chi connectivity index (χ3n) is 4.02. The molecule has 22 heavy (non-hydrogen) atoms. The molecule has 4 nitrogen and oxygen atoms in total. The summed E-state index contributed by atoms with van der Waals surface area (Å²) in [7, 11) is 0. The fourth-order valence-electron chi connectivity index (χ4n) is 2.90. The van der Waals surface area contributed by atoms with E-state index in [1.54, 1.807) is 0 Å². The lowest BCUT2D eigenvalue weighted by atomic mass is 9.83. The molecule has 1 aromatic rings. The number of benzene rings is 1. The van der Waals surface area contributed by atoms with Gasteiger partial charge in [0.05, 0.1) is 0 Å². The van der Waals surface area contributed by atoms with Gasteiger partial charge in [-0.3, -0.25) is 14.4 Å². The number of hydrogen-bond donors (Lipinski definition) is 0. The lowest BCUT2D eigenvalue weighted by molar-refractivity contribution is -0.147. The summed E-state index contributed by atoms with van der Waals surface area (Å²) in [5.74, 6) is -2.87. The highest BCUT2D eigenvalue weighted by Gasteiger charge is 2.49. The zero-order chi connectivity index (χ0) is 16.3. The van der Waals surface area contributed by atoms with Gasteiger partial charge in [-0.1, -0.05) is 51.1 Å². The second-order valence-corrected chi connectivity index (χ2v) is 6.16. The monoisotopic (exact) mass is 302 g/mol. The number of cyclic esters (lactones) is 1. The first kappa shape index (κ1) is 16.4. The van der Waals surface area contributed by atoms with Gasteiger partial charge in [0.2, 0.25) is 0 Å². The van der Waals surface area contributed by atoms with Gasteiger partial charge < -0.3 is 4.74 Å². The van der Waals surface area contributed by atoms with E-state index in [-0.39, 0.29) is 17.5 Å². The molecule has 0 aliphatic carbocycles. The predicted molar refractivity (Wildman–Crippen MR) is 82.3 cm³/mol. The van der Waals surface area contributed by atoms with Crippen molar-refractivity contribution in [1.29, 1.82) is 0 Å². The zero-order valence-corrected chi connectivity index (χ0v) is 13.2. The largest absolute Gasteiger partial charge is 0.453 e. The van der Waals surface area contributed by atoms with Crippen molar-refractivity contribution in [3.05, 3.63) is 35.9 Å². The Morgan fingerprint density at radius 2 is 1.82 bits per heavy atom. The summed E-state index contributed by atoms with van der Waals surface area (Å²) in [5.41, 5.74) is 0.836. The van der Waals surface area contributed by atoms with E-state index in [1.165, 1.54) is 0 Å². The van der Waals surface area contributed by atoms with Crippen LogP contribution >= 0.6 is 0 Å². The van der Waals surface area contributed by atoms with Crippen LogP contribution in [-0.4, -0.2) is 23.6 Å². The van der Waals surface area contributed by atoms with Gasteiger partial charge in [0.25, 0.3) is 0 Å². The molecule has 3 unspecified atom stereocenters. The normalized spacial score (nSPS) is 22.7. The van der Waals surface area contributed by atoms with E-state index in [4.69, 9.17) is 4.74 Å². The van der Waals surface area contributed by atoms with E-state index in [0.717, 1.165) is 5.56 Å². The maximum absolute atomic E-state index is 12.7. The molecule has 0 aromatic heterocycles. The summed E-state index contributed by atoms with van der Waals surface area (Å²) in [6.45, 7) is 5.79. The van der Waals surface area contributed by atoms with Gasteiger partial charge in [-0.05, 0) is 24.3 Å². The van der Waals surface area contributed by atoms with Crippen LogP contribution in [0.25, 0.3) is 0 Å². The molecule has 1 aliphatic heterocycles. The first-order valence-electron chi connectivity index (χ1n) is 7.78. The molecule has 4 heteroatoms. The van der Waals surface area contributed by atoms with Crippen molar-refractivity contribution in [3.8, 4) is 0 Å². The van der Waals surface area contributed by atoms with Crippen LogP contribution in [0, 0.1) is 11.8 Å². The highest BCUT2D eigenvalue weighted by atomic mass is 16.6. The fourth-order valence-corrected chi connectivity index (χ4v) is 2.90. The van der Waals surface area contributed by atoms with E-state index in [2.05, 4.69) is 0 Å². The molecule has 2 rings (SSSR count). The molecule has 1 fully saturated rings. The Morgan fingerprint density at radius 1 is 1.18 bits per heavy atom. The summed E-state index contributed by atoms with van der Waals surface area (Å²) < 4.78 is 5.14. The van der Waals surface area contributed by atoms with Crippen molar-refractivity contribution in [2.24, 2.45) is 11.8 Å². The maximum atomic E-state index is 12.7. The Morgan fingerprint density at radius 3 is 2.36 bits per heavy atom. The van der Waals surface area contributed by atoms with Crippen LogP contribution in [0.4, 0.5) is 0 Å². The van der Waals surface area contributed by atoms with Crippen molar-refractivity contribution in [2.75, 3.05) is 0 Å². The summed E-state index contributed by atoms with van der Waals surface area (Å²) in [4.78, 5) is 37.1. The number of carbonyl (C=O) groups excluding carboxylic acids is 3. The van der Waals surface area contributed by atoms with Crippen molar-refractivity contribution in [3.63, 3.8) is 0 Å². The van der Waals surface area contributed by atoms with E-state index < -0.39 is 23.9 Å². The number of esters is 1. The van der Waals surface area contributed by atoms with Crippen molar-refractivity contribution >= 4 is 17.5 Å². The van der Waals surface area contributed by atoms with E-state index in [9.17, 15) is 14.4 Å². The van der Waals surface area contributed by atoms with Gasteiger partial charge >= 0.3 is 5.97 Å². The Balaban J connectivity index is 2.21. The summed E-state index contributed by atoms with van der Waals surface area (Å²) in [6.07, 6.45) is 0.250. The molecule has 0 spiro atoms. The molecule has 0 amide bonds. The zero-order valence-electron chi connectivity index (χ0n) is 13.2. The molecule has 0 saturated carbocycles. The van der Waals surface area contributed by atoms with Crippen molar-refractivity contribution in [2.45, 2.75) is 45.6 Å². The quantitative estimate of drug-likeness (QED) is 0.599. The van der Waals surface area contributed by atoms with E-state index in [1.807, 2.05) is 51.1 Å². The highest BCUT2D eigenvalue weighted by Crippen LogP contribution is 2.30. The SMILES string of the molecule is CCC(C(=O)C1C(=O)OC(CC(C)C)C1=O)c1ccccc1. The van der Waals surface area contributed by atoms with Crippen LogP contribution in [0.5, 0.6) is 0 Å². The van der Waals surface area contributed by atoms with Gasteiger partial charge in [0.1, 0.15) is 0 Å². The first-order chi connectivity index (χ1) is 10.5. The summed E-state index contributed by atoms with van der Waals surface area (Å²) in [6, 6.07) is 9.27. The third-order valence-corrected chi connectivity index (χ3v) is 4.02. The lowest BCUT2D eigenvalue weighted by Gasteiger charge is -2.16. The Kier molecular flexibility index (Phi) is 5.11. The number of Topliss-reactive ketones (excluding diaryl/α,β-unsaturated/α-hetero) is 2. The maximum Gasteiger partial charge on any atom is 0.325 e. The minimum absolute atomic E-state index is 0.228. The van der Waals surface area contributed by atoms with Crippen LogP contribution in [0.3, 0.4) is 0 Å². The van der Waals surface area contributed by atoms with Gasteiger partial charge in [-0.25, -0.2) is 0 Å². The third kappa shape index (κ3) is 3.26. The summed E-state index contributed by atoms with van der Waals surface area (Å²) in [5, 5.41) is 0. The van der Waals surface area contributed by atoms with Crippen LogP contribution in [0.1, 0.15) is 45.1 Å². The smallest absolute Gasteiger partial charge is 0.325 e. The average Bonchev–Trinajstić information content (AvgIpc) is 2.74. The number of hydrogen-bond acceptors (Lipinski definition) is 4. The number of ketones is 2. The van der Waals surface area contributed by atoms with Crippen LogP contribution in [-0.2, 0) is 19.1 Å². The van der Waals surface area contributed by atoms with Gasteiger partial charge in [-0.2, -0.15) is 0 Å². The highest BCUT2D eigenvalue weighted by molar-refractivity contribution is 6.23. The van der Waals surface area contributed by atoms with Crippen molar-refractivity contribution in [1.82, 2.24) is 0 Å². The molecular weight excluding hydrogens is 280 g/mol. The van der Waals surface area contributed by atoms with Gasteiger partial charge in [0, 0.05) is 5.92 Å². The average molecular weight is 302 g/mol. The topological polar surface area (TPSA) is 60.4 Å². The Hall–Kier alpha value is -1.97. The molecule has 118 valence electrons. The fraction of sp³-hybridized carbons (Fsp3) is 0.500. The minimum Gasteiger partial charge on any atom is -0.453 e. The van der Waals surface area contributed by atoms with Crippen LogP contribution in [0.15, 0.2) is 30.3 Å². The molecule has 3 atom stereocenters. The van der Waals surface area contributed by atoms with Crippen molar-refractivity contribution < 1.29 is 19.1 Å². The standard InChI is InChI=1S/C18H22O4/c1-4-13(12-8-6-5-7-9-12)16(19)15-17(20)14(10-11(2)3)22-18(15)21/h5-9,11,13-15H,4,10H2,1-3H3. The van der Waals surface area contributed by atoms with E-state index >= 15 is 0 Å². The molecule has 0 radical (unpaired) electrons. The second-order valence-electron chi connectivity index (χ2n) is 6.16. The summed E-state index contributed by atoms with van der Waals surface area (Å²) >= 11 is 0. The number of ether oxygens (including phenoxy) is 1. The molecule has 1 heterocycles. The Bertz CT molecular complexity index is 562. The molecular formula is C18H22O4. The number of carbonyl (C=O) groups is 3. The van der Waals surface area contributed by atoms with Crippen LogP contribution < -0.4 is 0 Å². The van der Waals surface area contributed by atoms with Gasteiger partial charge in [-0.15, -0.1) is 0 Å². The van der Waals surface area contributed by atoms with E-state index in [0.29, 0.717) is 12.8 Å². The molecule has 0 N–H and O–H groups in total. The number of rotatable bonds is 6. The van der Waals surface area contributed by atoms with Crippen LogP contribution in [0.2, 0.25) is 0 Å². The second kappa shape index (κ2) is 6.86. The first-order valence-corrected chi connectivity index (χ1v) is 7.78. The Labute approximate surface area is 130 Å². The molecule has 0 bridgehead atoms. The molecule has 1 saturated heterocycles.